The number of aromatic nitrogens is 1. The number of hydrogen-bond donors (Lipinski definition) is 1. The van der Waals surface area contributed by atoms with Crippen molar-refractivity contribution in [3.05, 3.63) is 24.0 Å². The van der Waals surface area contributed by atoms with E-state index < -0.39 is 0 Å². The quantitative estimate of drug-likeness (QED) is 0.621. The summed E-state index contributed by atoms with van der Waals surface area (Å²) in [5, 5.41) is 0. The van der Waals surface area contributed by atoms with Gasteiger partial charge in [-0.2, -0.15) is 0 Å². The first-order chi connectivity index (χ1) is 4.84. The highest BCUT2D eigenvalue weighted by atomic mass is 16.6. The van der Waals surface area contributed by atoms with Crippen LogP contribution in [0.2, 0.25) is 0 Å². The van der Waals surface area contributed by atoms with Crippen molar-refractivity contribution >= 4 is 5.69 Å². The second-order valence-electron chi connectivity index (χ2n) is 1.92. The maximum Gasteiger partial charge on any atom is 0.116 e. The van der Waals surface area contributed by atoms with Crippen LogP contribution in [0.15, 0.2) is 12.3 Å². The molecule has 1 aromatic heterocycles. The molecule has 0 aromatic carbocycles. The van der Waals surface area contributed by atoms with Gasteiger partial charge in [-0.25, -0.2) is 0 Å². The highest BCUT2D eigenvalue weighted by Gasteiger charge is 1.93. The number of anilines is 1. The van der Waals surface area contributed by atoms with Crippen molar-refractivity contribution in [1.29, 1.82) is 0 Å². The Bertz CT molecular complexity index is 213. The minimum Gasteiger partial charge on any atom is -0.279 e. The fraction of sp³-hybridized carbons (Fsp3) is 0.286. The lowest BCUT2D eigenvalue weighted by atomic mass is 10.3. The smallest absolute Gasteiger partial charge is 0.116 e. The maximum atomic E-state index is 4.69. The second-order valence-corrected chi connectivity index (χ2v) is 1.92. The third kappa shape index (κ3) is 1.45. The van der Waals surface area contributed by atoms with Gasteiger partial charge in [0.1, 0.15) is 6.20 Å². The summed E-state index contributed by atoms with van der Waals surface area (Å²) in [7, 11) is 1.56. The van der Waals surface area contributed by atoms with Gasteiger partial charge in [0.25, 0.3) is 0 Å². The van der Waals surface area contributed by atoms with Crippen LogP contribution >= 0.6 is 0 Å². The summed E-state index contributed by atoms with van der Waals surface area (Å²) in [4.78, 5) is 8.48. The molecule has 0 aliphatic rings. The summed E-state index contributed by atoms with van der Waals surface area (Å²) < 4.78 is 0. The van der Waals surface area contributed by atoms with Crippen LogP contribution in [0.3, 0.4) is 0 Å². The third-order valence-electron chi connectivity index (χ3n) is 1.17. The molecule has 1 N–H and O–H groups in total. The highest BCUT2D eigenvalue weighted by Crippen LogP contribution is 2.09. The van der Waals surface area contributed by atoms with E-state index in [4.69, 9.17) is 0 Å². The molecule has 1 rings (SSSR count). The predicted molar refractivity (Wildman–Crippen MR) is 38.4 cm³/mol. The summed E-state index contributed by atoms with van der Waals surface area (Å²) in [6.45, 7) is 1.96. The number of aryl methyl sites for hydroxylation is 1. The van der Waals surface area contributed by atoms with E-state index in [1.807, 2.05) is 13.0 Å². The molecule has 0 saturated heterocycles. The largest absolute Gasteiger partial charge is 0.279 e. The maximum absolute atomic E-state index is 4.69. The van der Waals surface area contributed by atoms with Crippen molar-refractivity contribution in [2.24, 2.45) is 0 Å². The lowest BCUT2D eigenvalue weighted by Gasteiger charge is -2.03. The second kappa shape index (κ2) is 3.17. The number of hydrogen-bond acceptors (Lipinski definition) is 3. The van der Waals surface area contributed by atoms with E-state index in [0.29, 0.717) is 0 Å². The normalized spacial score (nSPS) is 9.40. The van der Waals surface area contributed by atoms with Gasteiger partial charge in [-0.1, -0.05) is 0 Å². The Kier molecular flexibility index (Phi) is 2.23. The minimum absolute atomic E-state index is 0.782. The number of nitrogens with zero attached hydrogens (tertiary/aromatic N) is 1. The molecule has 3 nitrogen and oxygen atoms in total. The molecule has 0 unspecified atom stereocenters. The van der Waals surface area contributed by atoms with E-state index in [1.165, 1.54) is 0 Å². The van der Waals surface area contributed by atoms with Crippen molar-refractivity contribution in [3.63, 3.8) is 0 Å². The molecule has 0 atom stereocenters. The Morgan fingerprint density at radius 3 is 3.10 bits per heavy atom. The fourth-order valence-electron chi connectivity index (χ4n) is 0.628. The highest BCUT2D eigenvalue weighted by molar-refractivity contribution is 5.44. The van der Waals surface area contributed by atoms with Crippen LogP contribution in [0, 0.1) is 13.1 Å². The van der Waals surface area contributed by atoms with Crippen molar-refractivity contribution in [2.75, 3.05) is 12.6 Å². The van der Waals surface area contributed by atoms with Gasteiger partial charge in [-0.05, 0) is 18.6 Å². The van der Waals surface area contributed by atoms with Crippen LogP contribution in [-0.2, 0) is 4.84 Å². The molecule has 1 aromatic rings. The average Bonchev–Trinajstić information content (AvgIpc) is 1.94. The van der Waals surface area contributed by atoms with Gasteiger partial charge in [0, 0.05) is 6.20 Å². The first kappa shape index (κ1) is 7.02. The summed E-state index contributed by atoms with van der Waals surface area (Å²) in [5.74, 6) is 0. The van der Waals surface area contributed by atoms with Gasteiger partial charge in [-0.15, -0.1) is 0 Å². The molecule has 0 spiro atoms. The summed E-state index contributed by atoms with van der Waals surface area (Å²) in [5.41, 5.74) is 4.51. The predicted octanol–water partition coefficient (Wildman–Crippen LogP) is 1.16. The van der Waals surface area contributed by atoms with Gasteiger partial charge >= 0.3 is 0 Å². The van der Waals surface area contributed by atoms with Gasteiger partial charge in [0.05, 0.1) is 12.8 Å². The summed E-state index contributed by atoms with van der Waals surface area (Å²) in [6.07, 6.45) is 4.44. The van der Waals surface area contributed by atoms with E-state index in [9.17, 15) is 0 Å². The van der Waals surface area contributed by atoms with Crippen LogP contribution in [0.4, 0.5) is 5.69 Å². The van der Waals surface area contributed by atoms with E-state index in [2.05, 4.69) is 21.5 Å². The van der Waals surface area contributed by atoms with Gasteiger partial charge in [0.2, 0.25) is 0 Å². The molecule has 0 fully saturated rings. The molecule has 0 aliphatic carbocycles. The number of nitrogens with one attached hydrogen (secondary N) is 1. The van der Waals surface area contributed by atoms with Gasteiger partial charge in [-0.3, -0.25) is 15.3 Å². The van der Waals surface area contributed by atoms with Crippen LogP contribution in [0.25, 0.3) is 0 Å². The first-order valence-corrected chi connectivity index (χ1v) is 2.97. The van der Waals surface area contributed by atoms with Crippen molar-refractivity contribution in [2.45, 2.75) is 6.92 Å². The van der Waals surface area contributed by atoms with Gasteiger partial charge < -0.3 is 0 Å². The standard InChI is InChI=1S/C7H9N2O/c1-6-3-4-8-5-7(6)9-10-2/h3-4,9H,1-2H3. The lowest BCUT2D eigenvalue weighted by Crippen LogP contribution is -1.97. The molecule has 1 heterocycles. The molecule has 53 valence electrons. The number of pyridine rings is 1. The lowest BCUT2D eigenvalue weighted by molar-refractivity contribution is 0.270. The van der Waals surface area contributed by atoms with Crippen molar-refractivity contribution in [1.82, 2.24) is 4.98 Å². The Morgan fingerprint density at radius 1 is 1.70 bits per heavy atom. The summed E-state index contributed by atoms with van der Waals surface area (Å²) >= 11 is 0. The number of rotatable bonds is 2. The molecule has 0 amide bonds. The molecule has 10 heavy (non-hydrogen) atoms. The van der Waals surface area contributed by atoms with Crippen LogP contribution in [-0.4, -0.2) is 12.1 Å². The average molecular weight is 137 g/mol. The van der Waals surface area contributed by atoms with Crippen LogP contribution < -0.4 is 5.48 Å². The molecule has 3 heteroatoms. The zero-order valence-corrected chi connectivity index (χ0v) is 6.01. The Morgan fingerprint density at radius 2 is 2.50 bits per heavy atom. The Balaban J connectivity index is 2.81. The zero-order chi connectivity index (χ0) is 7.40. The van der Waals surface area contributed by atoms with Crippen LogP contribution in [0.1, 0.15) is 5.56 Å². The molecular formula is C7H9N2O. The van der Waals surface area contributed by atoms with Crippen molar-refractivity contribution < 1.29 is 4.84 Å². The Labute approximate surface area is 60.0 Å². The zero-order valence-electron chi connectivity index (χ0n) is 6.01. The Hall–Kier alpha value is -1.09. The molecule has 1 radical (unpaired) electrons. The molecule has 0 bridgehead atoms. The monoisotopic (exact) mass is 137 g/mol. The van der Waals surface area contributed by atoms with E-state index >= 15 is 0 Å². The fourth-order valence-corrected chi connectivity index (χ4v) is 0.628. The van der Waals surface area contributed by atoms with E-state index in [-0.39, 0.29) is 0 Å². The van der Waals surface area contributed by atoms with E-state index in [1.54, 1.807) is 13.3 Å². The SMILES string of the molecule is CONc1[c]nccc1C. The van der Waals surface area contributed by atoms with E-state index in [0.717, 1.165) is 11.3 Å². The summed E-state index contributed by atoms with van der Waals surface area (Å²) in [6, 6.07) is 1.89. The minimum atomic E-state index is 0.782. The third-order valence-corrected chi connectivity index (χ3v) is 1.17. The molecule has 0 aliphatic heterocycles. The first-order valence-electron chi connectivity index (χ1n) is 2.97. The van der Waals surface area contributed by atoms with Crippen LogP contribution in [0.5, 0.6) is 0 Å². The molecular weight excluding hydrogens is 128 g/mol. The topological polar surface area (TPSA) is 34.1 Å². The van der Waals surface area contributed by atoms with Gasteiger partial charge in [0.15, 0.2) is 0 Å². The molecule has 0 saturated carbocycles. The van der Waals surface area contributed by atoms with Crippen molar-refractivity contribution in [3.8, 4) is 0 Å².